The Labute approximate surface area is 95.5 Å². The highest BCUT2D eigenvalue weighted by molar-refractivity contribution is 5.02. The molecule has 0 saturated carbocycles. The molecule has 0 aliphatic heterocycles. The van der Waals surface area contributed by atoms with Gasteiger partial charge in [0.2, 0.25) is 0 Å². The van der Waals surface area contributed by atoms with Gasteiger partial charge in [-0.05, 0) is 25.7 Å². The number of hydrogen-bond acceptors (Lipinski definition) is 0. The number of allylic oxidation sites excluding steroid dienone is 4. The summed E-state index contributed by atoms with van der Waals surface area (Å²) in [5.74, 6) is 0. The Balaban J connectivity index is 2.16. The first-order valence-corrected chi connectivity index (χ1v) is 6.82. The van der Waals surface area contributed by atoms with Crippen LogP contribution in [0.2, 0.25) is 0 Å². The normalized spacial score (nSPS) is 26.1. The van der Waals surface area contributed by atoms with Gasteiger partial charge in [-0.25, -0.2) is 0 Å². The lowest BCUT2D eigenvalue weighted by Crippen LogP contribution is -1.81. The summed E-state index contributed by atoms with van der Waals surface area (Å²) in [6, 6.07) is 0. The van der Waals surface area contributed by atoms with Crippen LogP contribution in [-0.2, 0) is 0 Å². The van der Waals surface area contributed by atoms with E-state index in [2.05, 4.69) is 24.3 Å². The highest BCUT2D eigenvalue weighted by Crippen LogP contribution is 2.12. The van der Waals surface area contributed by atoms with E-state index in [9.17, 15) is 0 Å². The minimum Gasteiger partial charge on any atom is -0.0845 e. The molecule has 0 radical (unpaired) electrons. The topological polar surface area (TPSA) is 0 Å². The van der Waals surface area contributed by atoms with Crippen molar-refractivity contribution in [3.05, 3.63) is 24.3 Å². The van der Waals surface area contributed by atoms with Crippen LogP contribution in [0.4, 0.5) is 0 Å². The van der Waals surface area contributed by atoms with Crippen molar-refractivity contribution >= 4 is 0 Å². The second-order valence-electron chi connectivity index (χ2n) is 4.62. The van der Waals surface area contributed by atoms with Gasteiger partial charge in [-0.15, -0.1) is 0 Å². The van der Waals surface area contributed by atoms with E-state index in [1.165, 1.54) is 70.6 Å². The Morgan fingerprint density at radius 1 is 0.400 bits per heavy atom. The molecule has 0 aromatic rings. The van der Waals surface area contributed by atoms with E-state index in [0.29, 0.717) is 0 Å². The van der Waals surface area contributed by atoms with Crippen LogP contribution in [0.5, 0.6) is 0 Å². The molecule has 0 spiro atoms. The molecule has 0 atom stereocenters. The lowest BCUT2D eigenvalue weighted by Gasteiger charge is -2.00. The first kappa shape index (κ1) is 12.5. The van der Waals surface area contributed by atoms with Gasteiger partial charge in [0.05, 0.1) is 0 Å². The molecule has 0 heteroatoms. The monoisotopic (exact) mass is 206 g/mol. The zero-order chi connectivity index (χ0) is 10.6. The van der Waals surface area contributed by atoms with Crippen LogP contribution in [0.3, 0.4) is 0 Å². The molecule has 15 heavy (non-hydrogen) atoms. The predicted octanol–water partition coefficient (Wildman–Crippen LogP) is 5.40. The average molecular weight is 206 g/mol. The molecule has 0 heterocycles. The molecule has 0 bridgehead atoms. The molecule has 0 fully saturated rings. The summed E-state index contributed by atoms with van der Waals surface area (Å²) >= 11 is 0. The molecule has 1 aliphatic rings. The lowest BCUT2D eigenvalue weighted by atomic mass is 10.1. The zero-order valence-electron chi connectivity index (χ0n) is 10.1. The highest BCUT2D eigenvalue weighted by Gasteiger charge is 1.92. The highest BCUT2D eigenvalue weighted by atomic mass is 14.0. The third-order valence-electron chi connectivity index (χ3n) is 3.12. The van der Waals surface area contributed by atoms with E-state index in [-0.39, 0.29) is 0 Å². The summed E-state index contributed by atoms with van der Waals surface area (Å²) in [5.41, 5.74) is 0. The van der Waals surface area contributed by atoms with Crippen molar-refractivity contribution in [1.29, 1.82) is 0 Å². The minimum absolute atomic E-state index is 1.27. The van der Waals surface area contributed by atoms with Crippen LogP contribution in [-0.4, -0.2) is 0 Å². The maximum Gasteiger partial charge on any atom is -0.0348 e. The Bertz CT molecular complexity index is 156. The summed E-state index contributed by atoms with van der Waals surface area (Å²) in [5, 5.41) is 0. The van der Waals surface area contributed by atoms with Crippen LogP contribution in [0.25, 0.3) is 0 Å². The fraction of sp³-hybridized carbons (Fsp3) is 0.733. The Kier molecular flexibility index (Phi) is 8.38. The molecule has 0 saturated heterocycles. The molecule has 1 aliphatic carbocycles. The lowest BCUT2D eigenvalue weighted by molar-refractivity contribution is 0.562. The standard InChI is InChI=1S/C15H26/c1-2-4-6-8-10-12-14-15-13-11-9-7-5-3-1/h1-4H,5-15H2/b3-1-,4-2-. The molecular formula is C15H26. The van der Waals surface area contributed by atoms with Crippen LogP contribution >= 0.6 is 0 Å². The van der Waals surface area contributed by atoms with Gasteiger partial charge in [0.1, 0.15) is 0 Å². The SMILES string of the molecule is C1=C\CCCCCCCCCCC\C=C/1. The van der Waals surface area contributed by atoms with Crippen molar-refractivity contribution in [2.75, 3.05) is 0 Å². The van der Waals surface area contributed by atoms with Gasteiger partial charge in [0.25, 0.3) is 0 Å². The van der Waals surface area contributed by atoms with Gasteiger partial charge in [-0.2, -0.15) is 0 Å². The third kappa shape index (κ3) is 8.47. The summed E-state index contributed by atoms with van der Waals surface area (Å²) < 4.78 is 0. The van der Waals surface area contributed by atoms with Crippen molar-refractivity contribution in [3.63, 3.8) is 0 Å². The maximum absolute atomic E-state index is 2.32. The number of rotatable bonds is 0. The molecular weight excluding hydrogens is 180 g/mol. The summed E-state index contributed by atoms with van der Waals surface area (Å²) in [6.45, 7) is 0. The Morgan fingerprint density at radius 3 is 1.13 bits per heavy atom. The summed E-state index contributed by atoms with van der Waals surface area (Å²) in [6.07, 6.45) is 24.5. The fourth-order valence-corrected chi connectivity index (χ4v) is 2.11. The molecule has 0 unspecified atom stereocenters. The molecule has 0 amide bonds. The second kappa shape index (κ2) is 10.0. The molecule has 1 rings (SSSR count). The van der Waals surface area contributed by atoms with E-state index in [0.717, 1.165) is 0 Å². The van der Waals surface area contributed by atoms with Crippen LogP contribution < -0.4 is 0 Å². The van der Waals surface area contributed by atoms with Gasteiger partial charge in [-0.3, -0.25) is 0 Å². The maximum atomic E-state index is 2.32. The Morgan fingerprint density at radius 2 is 0.733 bits per heavy atom. The molecule has 86 valence electrons. The van der Waals surface area contributed by atoms with Crippen LogP contribution in [0.1, 0.15) is 70.6 Å². The largest absolute Gasteiger partial charge is 0.0845 e. The van der Waals surface area contributed by atoms with E-state index >= 15 is 0 Å². The summed E-state index contributed by atoms with van der Waals surface area (Å²) in [7, 11) is 0. The molecule has 0 nitrogen and oxygen atoms in total. The zero-order valence-corrected chi connectivity index (χ0v) is 10.1. The van der Waals surface area contributed by atoms with E-state index < -0.39 is 0 Å². The smallest absolute Gasteiger partial charge is 0.0348 e. The van der Waals surface area contributed by atoms with Crippen LogP contribution in [0, 0.1) is 0 Å². The summed E-state index contributed by atoms with van der Waals surface area (Å²) in [4.78, 5) is 0. The first-order valence-electron chi connectivity index (χ1n) is 6.82. The molecule has 0 aromatic heterocycles. The fourth-order valence-electron chi connectivity index (χ4n) is 2.11. The predicted molar refractivity (Wildman–Crippen MR) is 69.1 cm³/mol. The Hall–Kier alpha value is -0.520. The van der Waals surface area contributed by atoms with E-state index in [1.807, 2.05) is 0 Å². The third-order valence-corrected chi connectivity index (χ3v) is 3.12. The van der Waals surface area contributed by atoms with Crippen molar-refractivity contribution in [2.24, 2.45) is 0 Å². The van der Waals surface area contributed by atoms with E-state index in [1.54, 1.807) is 0 Å². The number of hydrogen-bond donors (Lipinski definition) is 0. The average Bonchev–Trinajstić information content (AvgIpc) is 2.27. The van der Waals surface area contributed by atoms with Gasteiger partial charge in [-0.1, -0.05) is 69.2 Å². The quantitative estimate of drug-likeness (QED) is 0.497. The van der Waals surface area contributed by atoms with Crippen LogP contribution in [0.15, 0.2) is 24.3 Å². The van der Waals surface area contributed by atoms with Gasteiger partial charge < -0.3 is 0 Å². The van der Waals surface area contributed by atoms with Crippen molar-refractivity contribution in [2.45, 2.75) is 70.6 Å². The molecule has 0 aromatic carbocycles. The van der Waals surface area contributed by atoms with Crippen molar-refractivity contribution in [1.82, 2.24) is 0 Å². The molecule has 0 N–H and O–H groups in total. The van der Waals surface area contributed by atoms with Gasteiger partial charge >= 0.3 is 0 Å². The van der Waals surface area contributed by atoms with E-state index in [4.69, 9.17) is 0 Å². The van der Waals surface area contributed by atoms with Gasteiger partial charge in [0, 0.05) is 0 Å². The van der Waals surface area contributed by atoms with Gasteiger partial charge in [0.15, 0.2) is 0 Å². The first-order chi connectivity index (χ1) is 7.50. The van der Waals surface area contributed by atoms with Crippen molar-refractivity contribution < 1.29 is 0 Å². The van der Waals surface area contributed by atoms with Crippen molar-refractivity contribution in [3.8, 4) is 0 Å². The second-order valence-corrected chi connectivity index (χ2v) is 4.62. The minimum atomic E-state index is 1.27.